The van der Waals surface area contributed by atoms with E-state index in [0.717, 1.165) is 84.0 Å². The molecule has 6 fully saturated rings. The maximum atomic E-state index is 6.67. The zero-order chi connectivity index (χ0) is 20.1. The molecule has 0 aromatic heterocycles. The Morgan fingerprint density at radius 1 is 0.500 bits per heavy atom. The molecule has 30 heavy (non-hydrogen) atoms. The average molecular weight is 423 g/mol. The highest BCUT2D eigenvalue weighted by Gasteiger charge is 2.54. The predicted molar refractivity (Wildman–Crippen MR) is 109 cm³/mol. The molecule has 3 spiro atoms. The maximum Gasteiger partial charge on any atom is 0.169 e. The van der Waals surface area contributed by atoms with Gasteiger partial charge in [-0.15, -0.1) is 0 Å². The van der Waals surface area contributed by atoms with E-state index in [1.165, 1.54) is 19.3 Å². The molecule has 0 radical (unpaired) electrons. The summed E-state index contributed by atoms with van der Waals surface area (Å²) in [4.78, 5) is 0. The van der Waals surface area contributed by atoms with Crippen molar-refractivity contribution in [3.05, 3.63) is 0 Å². The maximum absolute atomic E-state index is 6.67. The minimum absolute atomic E-state index is 0.178. The highest BCUT2D eigenvalue weighted by Crippen LogP contribution is 2.51. The standard InChI is InChI=1S/C24H38O6/c1-2-8-22(9-3-1)27-14-7-20(29-22)18-6-11-24(16-18)28-17-21(30-24)19-5-10-23(15-19)25-12-4-13-26-23/h18-21H,1-17H2. The smallest absolute Gasteiger partial charge is 0.169 e. The van der Waals surface area contributed by atoms with Crippen LogP contribution in [0.5, 0.6) is 0 Å². The molecule has 6 aliphatic rings. The van der Waals surface area contributed by atoms with Crippen molar-refractivity contribution in [3.63, 3.8) is 0 Å². The Bertz CT molecular complexity index is 607. The topological polar surface area (TPSA) is 55.4 Å². The van der Waals surface area contributed by atoms with Crippen molar-refractivity contribution in [2.24, 2.45) is 11.8 Å². The quantitative estimate of drug-likeness (QED) is 0.661. The SMILES string of the molecule is C1CCC2(CC1)OCCC(C1CCC3(C1)OCC(C1CCC4(C1)OCCCO4)O3)O2. The van der Waals surface area contributed by atoms with Crippen molar-refractivity contribution in [3.8, 4) is 0 Å². The summed E-state index contributed by atoms with van der Waals surface area (Å²) < 4.78 is 37.9. The summed E-state index contributed by atoms with van der Waals surface area (Å²) in [6.07, 6.45) is 14.5. The van der Waals surface area contributed by atoms with E-state index < -0.39 is 0 Å². The Kier molecular flexibility index (Phi) is 5.41. The molecule has 0 N–H and O–H groups in total. The molecule has 3 aliphatic carbocycles. The van der Waals surface area contributed by atoms with Crippen LogP contribution >= 0.6 is 0 Å². The van der Waals surface area contributed by atoms with Crippen LogP contribution in [-0.2, 0) is 28.4 Å². The van der Waals surface area contributed by atoms with Crippen molar-refractivity contribution in [1.29, 1.82) is 0 Å². The van der Waals surface area contributed by atoms with Crippen LogP contribution in [0.3, 0.4) is 0 Å². The zero-order valence-electron chi connectivity index (χ0n) is 18.3. The van der Waals surface area contributed by atoms with Gasteiger partial charge in [-0.05, 0) is 50.4 Å². The number of hydrogen-bond acceptors (Lipinski definition) is 6. The fourth-order valence-electron chi connectivity index (χ4n) is 6.99. The second-order valence-electron chi connectivity index (χ2n) is 10.6. The summed E-state index contributed by atoms with van der Waals surface area (Å²) in [5.41, 5.74) is 0. The first kappa shape index (κ1) is 20.4. The summed E-state index contributed by atoms with van der Waals surface area (Å²) in [6, 6.07) is 0. The zero-order valence-corrected chi connectivity index (χ0v) is 18.3. The Labute approximate surface area is 180 Å². The van der Waals surface area contributed by atoms with Crippen molar-refractivity contribution < 1.29 is 28.4 Å². The van der Waals surface area contributed by atoms with Crippen LogP contribution in [0.2, 0.25) is 0 Å². The molecule has 0 aromatic rings. The normalized spacial score (nSPS) is 45.6. The Balaban J connectivity index is 1.06. The first-order chi connectivity index (χ1) is 14.7. The van der Waals surface area contributed by atoms with Gasteiger partial charge in [0.15, 0.2) is 17.4 Å². The van der Waals surface area contributed by atoms with Gasteiger partial charge in [0.05, 0.1) is 38.6 Å². The molecule has 6 nitrogen and oxygen atoms in total. The first-order valence-electron chi connectivity index (χ1n) is 12.6. The molecular formula is C24H38O6. The third-order valence-electron chi connectivity index (χ3n) is 8.63. The molecule has 5 unspecified atom stereocenters. The number of ether oxygens (including phenoxy) is 6. The van der Waals surface area contributed by atoms with Gasteiger partial charge in [0, 0.05) is 38.5 Å². The minimum atomic E-state index is -0.388. The van der Waals surface area contributed by atoms with Crippen molar-refractivity contribution in [2.45, 2.75) is 113 Å². The number of rotatable bonds is 2. The Morgan fingerprint density at radius 3 is 2.00 bits per heavy atom. The third kappa shape index (κ3) is 3.75. The first-order valence-corrected chi connectivity index (χ1v) is 12.6. The van der Waals surface area contributed by atoms with Crippen LogP contribution in [0.1, 0.15) is 83.5 Å². The lowest BCUT2D eigenvalue weighted by molar-refractivity contribution is -0.314. The van der Waals surface area contributed by atoms with Gasteiger partial charge in [-0.3, -0.25) is 0 Å². The molecule has 0 amide bonds. The van der Waals surface area contributed by atoms with Gasteiger partial charge in [-0.1, -0.05) is 6.42 Å². The van der Waals surface area contributed by atoms with Crippen molar-refractivity contribution >= 4 is 0 Å². The van der Waals surface area contributed by atoms with Gasteiger partial charge in [0.1, 0.15) is 0 Å². The predicted octanol–water partition coefficient (Wildman–Crippen LogP) is 4.30. The van der Waals surface area contributed by atoms with Gasteiger partial charge < -0.3 is 28.4 Å². The molecule has 6 heteroatoms. The molecule has 3 saturated carbocycles. The lowest BCUT2D eigenvalue weighted by Crippen LogP contribution is -2.48. The molecule has 5 atom stereocenters. The lowest BCUT2D eigenvalue weighted by atomic mass is 9.90. The van der Waals surface area contributed by atoms with E-state index in [1.807, 2.05) is 0 Å². The van der Waals surface area contributed by atoms with E-state index in [9.17, 15) is 0 Å². The molecule has 3 saturated heterocycles. The highest BCUT2D eigenvalue weighted by atomic mass is 16.7. The van der Waals surface area contributed by atoms with Crippen molar-refractivity contribution in [1.82, 2.24) is 0 Å². The molecule has 3 aliphatic heterocycles. The van der Waals surface area contributed by atoms with E-state index in [-0.39, 0.29) is 23.5 Å². The fraction of sp³-hybridized carbons (Fsp3) is 1.00. The number of hydrogen-bond donors (Lipinski definition) is 0. The van der Waals surface area contributed by atoms with Crippen LogP contribution < -0.4 is 0 Å². The van der Waals surface area contributed by atoms with E-state index in [2.05, 4.69) is 0 Å². The summed E-state index contributed by atoms with van der Waals surface area (Å²) in [5, 5.41) is 0. The van der Waals surface area contributed by atoms with Gasteiger partial charge in [0.2, 0.25) is 0 Å². The van der Waals surface area contributed by atoms with Gasteiger partial charge in [-0.2, -0.15) is 0 Å². The van der Waals surface area contributed by atoms with Crippen LogP contribution in [0.25, 0.3) is 0 Å². The summed E-state index contributed by atoms with van der Waals surface area (Å²) in [7, 11) is 0. The molecule has 3 heterocycles. The molecule has 0 bridgehead atoms. The van der Waals surface area contributed by atoms with E-state index >= 15 is 0 Å². The average Bonchev–Trinajstić information content (AvgIpc) is 3.49. The van der Waals surface area contributed by atoms with E-state index in [0.29, 0.717) is 24.5 Å². The van der Waals surface area contributed by atoms with Crippen molar-refractivity contribution in [2.75, 3.05) is 26.4 Å². The van der Waals surface area contributed by atoms with Gasteiger partial charge >= 0.3 is 0 Å². The third-order valence-corrected chi connectivity index (χ3v) is 8.63. The van der Waals surface area contributed by atoms with Crippen LogP contribution in [0.4, 0.5) is 0 Å². The molecule has 0 aromatic carbocycles. The summed E-state index contributed by atoms with van der Waals surface area (Å²) in [5.74, 6) is -0.0296. The Hall–Kier alpha value is -0.240. The summed E-state index contributed by atoms with van der Waals surface area (Å²) >= 11 is 0. The Morgan fingerprint density at radius 2 is 1.17 bits per heavy atom. The molecule has 6 rings (SSSR count). The highest BCUT2D eigenvalue weighted by molar-refractivity contribution is 4.97. The van der Waals surface area contributed by atoms with Crippen LogP contribution in [0.15, 0.2) is 0 Å². The second kappa shape index (κ2) is 7.96. The minimum Gasteiger partial charge on any atom is -0.350 e. The van der Waals surface area contributed by atoms with Crippen LogP contribution in [-0.4, -0.2) is 56.0 Å². The monoisotopic (exact) mass is 422 g/mol. The van der Waals surface area contributed by atoms with Gasteiger partial charge in [0.25, 0.3) is 0 Å². The lowest BCUT2D eigenvalue weighted by Gasteiger charge is -2.45. The second-order valence-corrected chi connectivity index (χ2v) is 10.6. The van der Waals surface area contributed by atoms with E-state index in [1.54, 1.807) is 0 Å². The molecule has 170 valence electrons. The molecular weight excluding hydrogens is 384 g/mol. The fourth-order valence-corrected chi connectivity index (χ4v) is 6.99. The van der Waals surface area contributed by atoms with E-state index in [4.69, 9.17) is 28.4 Å². The largest absolute Gasteiger partial charge is 0.350 e. The summed E-state index contributed by atoms with van der Waals surface area (Å²) in [6.45, 7) is 3.20. The van der Waals surface area contributed by atoms with Gasteiger partial charge in [-0.25, -0.2) is 0 Å². The van der Waals surface area contributed by atoms with Crippen LogP contribution in [0, 0.1) is 11.8 Å².